The van der Waals surface area contributed by atoms with E-state index in [1.54, 1.807) is 11.6 Å². The van der Waals surface area contributed by atoms with Crippen molar-refractivity contribution in [1.82, 2.24) is 0 Å². The van der Waals surface area contributed by atoms with Crippen LogP contribution < -0.4 is 0 Å². The molecule has 0 N–H and O–H groups in total. The lowest BCUT2D eigenvalue weighted by Gasteiger charge is -2.39. The number of hydrogen-bond acceptors (Lipinski definition) is 0. The molecule has 2 aliphatic carbocycles. The summed E-state index contributed by atoms with van der Waals surface area (Å²) >= 11 is 0. The minimum Gasteiger partial charge on any atom is -0.216 e. The number of halogens is 1. The Labute approximate surface area is 227 Å². The summed E-state index contributed by atoms with van der Waals surface area (Å²) in [6.07, 6.45) is 14.2. The van der Waals surface area contributed by atoms with Crippen LogP contribution in [-0.2, 0) is 0 Å². The number of allylic oxidation sites excluding steroid dienone is 1. The summed E-state index contributed by atoms with van der Waals surface area (Å²) in [5.74, 6) is 3.22. The van der Waals surface area contributed by atoms with E-state index in [1.165, 1.54) is 113 Å². The van der Waals surface area contributed by atoms with Crippen molar-refractivity contribution >= 4 is 0 Å². The van der Waals surface area contributed by atoms with Crippen molar-refractivity contribution in [2.45, 2.75) is 126 Å². The molecule has 0 aliphatic heterocycles. The fourth-order valence-corrected chi connectivity index (χ4v) is 8.22. The fourth-order valence-electron chi connectivity index (χ4n) is 8.22. The zero-order valence-electron chi connectivity index (χ0n) is 25.2. The van der Waals surface area contributed by atoms with Crippen LogP contribution >= 0.6 is 0 Å². The first-order valence-corrected chi connectivity index (χ1v) is 15.0. The monoisotopic (exact) mass is 502 g/mol. The highest BCUT2D eigenvalue weighted by Crippen LogP contribution is 2.48. The highest BCUT2D eigenvalue weighted by atomic mass is 19.1. The van der Waals surface area contributed by atoms with E-state index in [-0.39, 0.29) is 0 Å². The number of hydrogen-bond donors (Lipinski definition) is 0. The largest absolute Gasteiger partial charge is 0.216 e. The Bertz CT molecular complexity index is 1110. The van der Waals surface area contributed by atoms with E-state index in [9.17, 15) is 4.39 Å². The van der Waals surface area contributed by atoms with Crippen LogP contribution in [0.4, 0.5) is 4.39 Å². The number of benzene rings is 2. The second-order valence-corrected chi connectivity index (χ2v) is 12.8. The third kappa shape index (κ3) is 5.22. The first kappa shape index (κ1) is 28.1. The van der Waals surface area contributed by atoms with E-state index in [4.69, 9.17) is 0 Å². The molecule has 0 bridgehead atoms. The van der Waals surface area contributed by atoms with Gasteiger partial charge in [0.2, 0.25) is 0 Å². The Balaban J connectivity index is 1.57. The molecular formula is C36H51F. The van der Waals surface area contributed by atoms with Crippen LogP contribution in [0.5, 0.6) is 0 Å². The van der Waals surface area contributed by atoms with Crippen LogP contribution in [0.15, 0.2) is 12.4 Å². The van der Waals surface area contributed by atoms with Crippen molar-refractivity contribution in [2.24, 2.45) is 17.8 Å². The predicted octanol–water partition coefficient (Wildman–Crippen LogP) is 11.1. The quantitative estimate of drug-likeness (QED) is 0.381. The highest BCUT2D eigenvalue weighted by Gasteiger charge is 2.33. The molecule has 0 amide bonds. The second-order valence-electron chi connectivity index (χ2n) is 12.8. The Kier molecular flexibility index (Phi) is 8.72. The average molecular weight is 503 g/mol. The Morgan fingerprint density at radius 2 is 0.892 bits per heavy atom. The Hall–Kier alpha value is -1.89. The first-order valence-electron chi connectivity index (χ1n) is 15.0. The molecule has 1 heteroatoms. The van der Waals surface area contributed by atoms with Crippen molar-refractivity contribution < 1.29 is 4.39 Å². The minimum absolute atomic E-state index is 0.706. The predicted molar refractivity (Wildman–Crippen MR) is 160 cm³/mol. The second kappa shape index (κ2) is 11.5. The van der Waals surface area contributed by atoms with Gasteiger partial charge in [0.15, 0.2) is 0 Å². The first-order chi connectivity index (χ1) is 17.6. The van der Waals surface area contributed by atoms with Gasteiger partial charge in [-0.15, -0.1) is 0 Å². The normalized spacial score (nSPS) is 24.7. The van der Waals surface area contributed by atoms with Crippen LogP contribution in [0.1, 0.15) is 119 Å². The molecule has 2 fully saturated rings. The molecule has 0 aromatic heterocycles. The van der Waals surface area contributed by atoms with E-state index in [0.717, 1.165) is 24.6 Å². The van der Waals surface area contributed by atoms with E-state index < -0.39 is 0 Å². The summed E-state index contributed by atoms with van der Waals surface area (Å²) in [5.41, 5.74) is 18.0. The number of rotatable bonds is 5. The lowest BCUT2D eigenvalue weighted by Crippen LogP contribution is -2.26. The summed E-state index contributed by atoms with van der Waals surface area (Å²) in [6, 6.07) is 0. The Morgan fingerprint density at radius 3 is 1.32 bits per heavy atom. The molecule has 0 nitrogen and oxygen atoms in total. The Morgan fingerprint density at radius 1 is 0.514 bits per heavy atom. The molecule has 2 aromatic carbocycles. The molecule has 0 radical (unpaired) electrons. The van der Waals surface area contributed by atoms with E-state index in [2.05, 4.69) is 62.3 Å². The standard InChI is InChI=1S/C36H51F/c1-21-22(2)24(4)35(25(5)23(21)3)36-28(8)26(6)34(27(7)29(36)9)33-18-16-32(17-19-33)31-14-12-30(13-15-31)11-10-20-37/h10,20,30-33H,11-19H2,1-9H3/b20-10+. The molecule has 0 saturated heterocycles. The van der Waals surface area contributed by atoms with Crippen molar-refractivity contribution in [3.8, 4) is 11.1 Å². The van der Waals surface area contributed by atoms with Gasteiger partial charge in [-0.3, -0.25) is 0 Å². The van der Waals surface area contributed by atoms with Gasteiger partial charge in [0.1, 0.15) is 0 Å². The van der Waals surface area contributed by atoms with Crippen LogP contribution in [0.2, 0.25) is 0 Å². The molecule has 0 atom stereocenters. The van der Waals surface area contributed by atoms with E-state index >= 15 is 0 Å². The van der Waals surface area contributed by atoms with Gasteiger partial charge in [0.05, 0.1) is 6.33 Å². The summed E-state index contributed by atoms with van der Waals surface area (Å²) in [5, 5.41) is 0. The topological polar surface area (TPSA) is 0 Å². The van der Waals surface area contributed by atoms with Crippen molar-refractivity contribution in [2.75, 3.05) is 0 Å². The minimum atomic E-state index is 0.706. The van der Waals surface area contributed by atoms with Crippen LogP contribution in [0.3, 0.4) is 0 Å². The van der Waals surface area contributed by atoms with Crippen LogP contribution in [0, 0.1) is 80.1 Å². The molecule has 2 aromatic rings. The lowest BCUT2D eigenvalue weighted by atomic mass is 9.67. The van der Waals surface area contributed by atoms with Gasteiger partial charge in [-0.1, -0.05) is 6.08 Å². The molecule has 4 rings (SSSR count). The van der Waals surface area contributed by atoms with Crippen LogP contribution in [0.25, 0.3) is 11.1 Å². The highest BCUT2D eigenvalue weighted by molar-refractivity contribution is 5.81. The molecule has 202 valence electrons. The van der Waals surface area contributed by atoms with Gasteiger partial charge in [0.25, 0.3) is 0 Å². The van der Waals surface area contributed by atoms with Gasteiger partial charge >= 0.3 is 0 Å². The maximum absolute atomic E-state index is 12.4. The maximum Gasteiger partial charge on any atom is 0.0827 e. The zero-order valence-corrected chi connectivity index (χ0v) is 25.2. The van der Waals surface area contributed by atoms with E-state index in [1.807, 2.05) is 0 Å². The van der Waals surface area contributed by atoms with Crippen LogP contribution in [-0.4, -0.2) is 0 Å². The smallest absolute Gasteiger partial charge is 0.0827 e. The van der Waals surface area contributed by atoms with Gasteiger partial charge in [0, 0.05) is 0 Å². The van der Waals surface area contributed by atoms with Crippen molar-refractivity contribution in [3.63, 3.8) is 0 Å². The maximum atomic E-state index is 12.4. The van der Waals surface area contributed by atoms with E-state index in [0.29, 0.717) is 11.8 Å². The molecule has 0 spiro atoms. The molecule has 0 unspecified atom stereocenters. The van der Waals surface area contributed by atoms with Gasteiger partial charge in [-0.05, 0) is 211 Å². The average Bonchev–Trinajstić information content (AvgIpc) is 2.91. The van der Waals surface area contributed by atoms with Crippen molar-refractivity contribution in [1.29, 1.82) is 0 Å². The van der Waals surface area contributed by atoms with Gasteiger partial charge in [-0.25, -0.2) is 4.39 Å². The molecule has 2 saturated carbocycles. The molecule has 2 aliphatic rings. The van der Waals surface area contributed by atoms with Gasteiger partial charge < -0.3 is 0 Å². The molecule has 37 heavy (non-hydrogen) atoms. The summed E-state index contributed by atoms with van der Waals surface area (Å²) in [4.78, 5) is 0. The van der Waals surface area contributed by atoms with Gasteiger partial charge in [-0.2, -0.15) is 0 Å². The lowest BCUT2D eigenvalue weighted by molar-refractivity contribution is 0.160. The zero-order chi connectivity index (χ0) is 27.0. The van der Waals surface area contributed by atoms with Crippen molar-refractivity contribution in [3.05, 3.63) is 68.0 Å². The third-order valence-electron chi connectivity index (χ3n) is 11.2. The SMILES string of the molecule is Cc1c(C)c(C)c(-c2c(C)c(C)c(C3CCC(C4CCC(C/C=C/F)CC4)CC3)c(C)c2C)c(C)c1C. The summed E-state index contributed by atoms with van der Waals surface area (Å²) in [6.45, 7) is 21.1. The summed E-state index contributed by atoms with van der Waals surface area (Å²) < 4.78 is 12.4. The summed E-state index contributed by atoms with van der Waals surface area (Å²) in [7, 11) is 0. The molecule has 0 heterocycles. The fraction of sp³-hybridized carbons (Fsp3) is 0.611. The molecular weight excluding hydrogens is 451 g/mol. The third-order valence-corrected chi connectivity index (χ3v) is 11.2.